The molecule has 4 aromatic rings. The van der Waals surface area contributed by atoms with Gasteiger partial charge in [0.25, 0.3) is 11.8 Å². The standard InChI is InChI=1S/C23H21N3O2S/c1-14(15-8-4-3-5-9-15)20-12-17(21(24)27)23(29-20)25-22(28)18-13-26(2)19-11-7-6-10-16(18)19/h3-14H,1-2H3,(H2,24,27)(H,25,28). The molecule has 1 unspecified atom stereocenters. The largest absolute Gasteiger partial charge is 0.366 e. The van der Waals surface area contributed by atoms with E-state index in [1.807, 2.05) is 66.2 Å². The minimum absolute atomic E-state index is 0.0857. The number of aromatic nitrogens is 1. The van der Waals surface area contributed by atoms with Crippen LogP contribution in [0.3, 0.4) is 0 Å². The molecule has 2 heterocycles. The summed E-state index contributed by atoms with van der Waals surface area (Å²) in [6.45, 7) is 2.07. The average Bonchev–Trinajstić information content (AvgIpc) is 3.30. The van der Waals surface area contributed by atoms with Crippen LogP contribution in [0.25, 0.3) is 10.9 Å². The minimum atomic E-state index is -0.555. The molecule has 0 saturated carbocycles. The predicted molar refractivity (Wildman–Crippen MR) is 118 cm³/mol. The van der Waals surface area contributed by atoms with Crippen molar-refractivity contribution >= 4 is 39.1 Å². The molecule has 0 spiro atoms. The Kier molecular flexibility index (Phi) is 4.94. The molecular weight excluding hydrogens is 382 g/mol. The molecule has 2 amide bonds. The Labute approximate surface area is 172 Å². The number of amides is 2. The van der Waals surface area contributed by atoms with Crippen LogP contribution in [-0.4, -0.2) is 16.4 Å². The number of carbonyl (C=O) groups excluding carboxylic acids is 2. The van der Waals surface area contributed by atoms with Gasteiger partial charge in [-0.15, -0.1) is 11.3 Å². The number of anilines is 1. The van der Waals surface area contributed by atoms with Gasteiger partial charge in [-0.25, -0.2) is 0 Å². The fraction of sp³-hybridized carbons (Fsp3) is 0.130. The predicted octanol–water partition coefficient (Wildman–Crippen LogP) is 4.74. The lowest BCUT2D eigenvalue weighted by molar-refractivity contribution is 0.100. The number of carbonyl (C=O) groups is 2. The van der Waals surface area contributed by atoms with E-state index in [0.29, 0.717) is 16.1 Å². The van der Waals surface area contributed by atoms with Gasteiger partial charge in [0.15, 0.2) is 0 Å². The van der Waals surface area contributed by atoms with E-state index in [4.69, 9.17) is 5.73 Å². The van der Waals surface area contributed by atoms with Crippen molar-refractivity contribution < 1.29 is 9.59 Å². The Morgan fingerprint density at radius 3 is 2.45 bits per heavy atom. The van der Waals surface area contributed by atoms with E-state index < -0.39 is 5.91 Å². The number of para-hydroxylation sites is 1. The van der Waals surface area contributed by atoms with Crippen LogP contribution in [0.1, 0.15) is 44.0 Å². The molecule has 6 heteroatoms. The Morgan fingerprint density at radius 1 is 1.03 bits per heavy atom. The van der Waals surface area contributed by atoms with Gasteiger partial charge in [-0.3, -0.25) is 9.59 Å². The fourth-order valence-electron chi connectivity index (χ4n) is 3.50. The second kappa shape index (κ2) is 7.56. The third kappa shape index (κ3) is 3.54. The Balaban J connectivity index is 1.68. The number of thiophene rings is 1. The quantitative estimate of drug-likeness (QED) is 0.505. The zero-order chi connectivity index (χ0) is 20.5. The summed E-state index contributed by atoms with van der Waals surface area (Å²) < 4.78 is 1.91. The number of nitrogens with zero attached hydrogens (tertiary/aromatic N) is 1. The maximum absolute atomic E-state index is 13.0. The number of primary amides is 1. The van der Waals surface area contributed by atoms with Crippen molar-refractivity contribution in [2.45, 2.75) is 12.8 Å². The number of fused-ring (bicyclic) bond motifs is 1. The highest BCUT2D eigenvalue weighted by Gasteiger charge is 2.21. The van der Waals surface area contributed by atoms with E-state index in [-0.39, 0.29) is 11.8 Å². The molecule has 4 rings (SSSR count). The van der Waals surface area contributed by atoms with Crippen LogP contribution in [0.4, 0.5) is 5.00 Å². The molecule has 2 aromatic carbocycles. The van der Waals surface area contributed by atoms with Crippen molar-refractivity contribution in [2.24, 2.45) is 12.8 Å². The summed E-state index contributed by atoms with van der Waals surface area (Å²) in [7, 11) is 1.90. The highest BCUT2D eigenvalue weighted by Crippen LogP contribution is 2.36. The summed E-state index contributed by atoms with van der Waals surface area (Å²) in [5.41, 5.74) is 8.59. The smallest absolute Gasteiger partial charge is 0.258 e. The molecule has 0 saturated heterocycles. The molecule has 146 valence electrons. The van der Waals surface area contributed by atoms with E-state index >= 15 is 0 Å². The summed E-state index contributed by atoms with van der Waals surface area (Å²) >= 11 is 1.39. The highest BCUT2D eigenvalue weighted by atomic mass is 32.1. The molecule has 29 heavy (non-hydrogen) atoms. The van der Waals surface area contributed by atoms with Gasteiger partial charge in [-0.05, 0) is 17.7 Å². The highest BCUT2D eigenvalue weighted by molar-refractivity contribution is 7.16. The van der Waals surface area contributed by atoms with Crippen LogP contribution in [0, 0.1) is 0 Å². The Hall–Kier alpha value is -3.38. The Morgan fingerprint density at radius 2 is 1.72 bits per heavy atom. The van der Waals surface area contributed by atoms with Crippen molar-refractivity contribution in [3.63, 3.8) is 0 Å². The lowest BCUT2D eigenvalue weighted by atomic mass is 9.99. The first-order valence-corrected chi connectivity index (χ1v) is 10.1. The van der Waals surface area contributed by atoms with Crippen molar-refractivity contribution in [3.05, 3.63) is 88.4 Å². The number of hydrogen-bond acceptors (Lipinski definition) is 3. The number of benzene rings is 2. The zero-order valence-corrected chi connectivity index (χ0v) is 17.0. The summed E-state index contributed by atoms with van der Waals surface area (Å²) in [6.07, 6.45) is 1.80. The van der Waals surface area contributed by atoms with Crippen molar-refractivity contribution in [2.75, 3.05) is 5.32 Å². The van der Waals surface area contributed by atoms with E-state index in [1.54, 1.807) is 12.3 Å². The average molecular weight is 404 g/mol. The molecule has 0 fully saturated rings. The molecule has 1 atom stereocenters. The lowest BCUT2D eigenvalue weighted by Crippen LogP contribution is -2.16. The first-order valence-electron chi connectivity index (χ1n) is 9.29. The van der Waals surface area contributed by atoms with Crippen molar-refractivity contribution in [1.82, 2.24) is 4.57 Å². The summed E-state index contributed by atoms with van der Waals surface area (Å²) in [5, 5.41) is 4.25. The van der Waals surface area contributed by atoms with Gasteiger partial charge >= 0.3 is 0 Å². The normalized spacial score (nSPS) is 12.1. The summed E-state index contributed by atoms with van der Waals surface area (Å²) in [6, 6.07) is 19.5. The second-order valence-electron chi connectivity index (χ2n) is 7.01. The SMILES string of the molecule is CC(c1ccccc1)c1cc(C(N)=O)c(NC(=O)c2cn(C)c3ccccc23)s1. The number of hydrogen-bond donors (Lipinski definition) is 2. The molecule has 3 N–H and O–H groups in total. The monoisotopic (exact) mass is 403 g/mol. The third-order valence-corrected chi connectivity index (χ3v) is 6.34. The van der Waals surface area contributed by atoms with Crippen molar-refractivity contribution in [3.8, 4) is 0 Å². The number of rotatable bonds is 5. The van der Waals surface area contributed by atoms with Gasteiger partial charge in [0.1, 0.15) is 5.00 Å². The molecule has 0 radical (unpaired) electrons. The summed E-state index contributed by atoms with van der Waals surface area (Å²) in [4.78, 5) is 26.0. The maximum Gasteiger partial charge on any atom is 0.258 e. The van der Waals surface area contributed by atoms with Crippen LogP contribution >= 0.6 is 11.3 Å². The maximum atomic E-state index is 13.0. The molecule has 0 aliphatic rings. The van der Waals surface area contributed by atoms with Crippen molar-refractivity contribution in [1.29, 1.82) is 0 Å². The topological polar surface area (TPSA) is 77.1 Å². The third-order valence-electron chi connectivity index (χ3n) is 5.11. The number of aryl methyl sites for hydroxylation is 1. The van der Waals surface area contributed by atoms with Crippen LogP contribution in [0.2, 0.25) is 0 Å². The van der Waals surface area contributed by atoms with Gasteiger partial charge in [-0.1, -0.05) is 55.5 Å². The van der Waals surface area contributed by atoms with Gasteiger partial charge in [-0.2, -0.15) is 0 Å². The zero-order valence-electron chi connectivity index (χ0n) is 16.2. The van der Waals surface area contributed by atoms with Gasteiger partial charge < -0.3 is 15.6 Å². The number of nitrogens with one attached hydrogen (secondary N) is 1. The molecule has 5 nitrogen and oxygen atoms in total. The van der Waals surface area contributed by atoms with E-state index in [0.717, 1.165) is 21.3 Å². The molecule has 0 aliphatic carbocycles. The van der Waals surface area contributed by atoms with E-state index in [9.17, 15) is 9.59 Å². The fourth-order valence-corrected chi connectivity index (χ4v) is 4.64. The first-order chi connectivity index (χ1) is 14.0. The van der Waals surface area contributed by atoms with Crippen LogP contribution in [0.5, 0.6) is 0 Å². The number of nitrogens with two attached hydrogens (primary N) is 1. The van der Waals surface area contributed by atoms with Gasteiger partial charge in [0.05, 0.1) is 11.1 Å². The second-order valence-corrected chi connectivity index (χ2v) is 8.10. The van der Waals surface area contributed by atoms with Gasteiger partial charge in [0, 0.05) is 34.9 Å². The minimum Gasteiger partial charge on any atom is -0.366 e. The first kappa shape index (κ1) is 19.0. The van der Waals surface area contributed by atoms with Crippen LogP contribution in [0.15, 0.2) is 66.9 Å². The van der Waals surface area contributed by atoms with E-state index in [1.165, 1.54) is 11.3 Å². The van der Waals surface area contributed by atoms with Crippen LogP contribution < -0.4 is 11.1 Å². The molecule has 2 aromatic heterocycles. The molecule has 0 bridgehead atoms. The summed E-state index contributed by atoms with van der Waals surface area (Å²) in [5.74, 6) is -0.728. The Bertz CT molecular complexity index is 1210. The van der Waals surface area contributed by atoms with E-state index in [2.05, 4.69) is 12.2 Å². The molecular formula is C23H21N3O2S. The lowest BCUT2D eigenvalue weighted by Gasteiger charge is -2.09. The van der Waals surface area contributed by atoms with Crippen LogP contribution in [-0.2, 0) is 7.05 Å². The van der Waals surface area contributed by atoms with Gasteiger partial charge in [0.2, 0.25) is 0 Å². The molecule has 0 aliphatic heterocycles.